The smallest absolute Gasteiger partial charge is 0.410 e. The predicted octanol–water partition coefficient (Wildman–Crippen LogP) is 7.18. The lowest BCUT2D eigenvalue weighted by Crippen LogP contribution is -2.64. The summed E-state index contributed by atoms with van der Waals surface area (Å²) in [5, 5.41) is 60.6. The largest absolute Gasteiger partial charge is 0.479 e. The number of carboxylic acids is 2. The van der Waals surface area contributed by atoms with Crippen LogP contribution in [0.5, 0.6) is 5.75 Å². The highest BCUT2D eigenvalue weighted by Gasteiger charge is 2.66. The molecule has 6 aliphatic rings. The number of aryl methyl sites for hydroxylation is 1. The molecule has 3 amide bonds. The van der Waals surface area contributed by atoms with Crippen LogP contribution in [-0.4, -0.2) is 168 Å². The van der Waals surface area contributed by atoms with Crippen LogP contribution >= 0.6 is 11.3 Å². The van der Waals surface area contributed by atoms with Crippen LogP contribution in [-0.2, 0) is 56.3 Å². The van der Waals surface area contributed by atoms with Crippen molar-refractivity contribution in [3.05, 3.63) is 118 Å². The number of aliphatic hydroxyl groups excluding tert-OH is 3. The summed E-state index contributed by atoms with van der Waals surface area (Å²) in [6.45, 7) is 8.55. The third-order valence-electron chi connectivity index (χ3n) is 18.6. The fraction of sp³-hybridized carbons (Fsp3) is 0.508. The number of rotatable bonds is 23. The van der Waals surface area contributed by atoms with Crippen LogP contribution in [0, 0.1) is 23.2 Å². The summed E-state index contributed by atoms with van der Waals surface area (Å²) in [6, 6.07) is 22.2. The number of nitrogens with one attached hydrogen (secondary N) is 1. The Morgan fingerprint density at radius 3 is 2.37 bits per heavy atom. The summed E-state index contributed by atoms with van der Waals surface area (Å²) in [7, 11) is 3.28. The van der Waals surface area contributed by atoms with E-state index in [2.05, 4.69) is 24.1 Å². The Labute approximate surface area is 519 Å². The van der Waals surface area contributed by atoms with Gasteiger partial charge in [0.2, 0.25) is 12.2 Å². The molecule has 8 N–H and O–H groups in total. The number of benzene rings is 3. The lowest BCUT2D eigenvalue weighted by Gasteiger charge is -2.69. The number of nitrogens with two attached hydrogens (primary N) is 1. The molecule has 89 heavy (non-hydrogen) atoms. The Bertz CT molecular complexity index is 3610. The third-order valence-corrected chi connectivity index (χ3v) is 19.5. The zero-order valence-corrected chi connectivity index (χ0v) is 51.7. The number of aliphatic carboxylic acids is 1. The minimum atomic E-state index is -1.92. The van der Waals surface area contributed by atoms with Crippen LogP contribution in [0.25, 0.3) is 21.3 Å². The molecule has 2 unspecified atom stereocenters. The van der Waals surface area contributed by atoms with Crippen molar-refractivity contribution in [3.63, 3.8) is 0 Å². The topological polar surface area (TPSA) is 315 Å². The van der Waals surface area contributed by atoms with Gasteiger partial charge in [-0.2, -0.15) is 5.10 Å². The maximum atomic E-state index is 14.2. The van der Waals surface area contributed by atoms with E-state index >= 15 is 0 Å². The summed E-state index contributed by atoms with van der Waals surface area (Å²) in [4.78, 5) is 80.4. The molecule has 3 aromatic heterocycles. The minimum Gasteiger partial charge on any atom is -0.479 e. The molecule has 2 aliphatic heterocycles. The molecule has 1 saturated heterocycles. The summed E-state index contributed by atoms with van der Waals surface area (Å²) in [5.41, 5.74) is 11.0. The van der Waals surface area contributed by atoms with Gasteiger partial charge in [-0.25, -0.2) is 24.4 Å². The SMILES string of the molecule is Cc1c(-c2ccc(N3CCc4cccc(C(=O)Nc5nc6ccccc6s5)c4C3)nc2C(=O)O)cnn1CC12CC3(C)CC(C)(C1)CC(OCCN(CCC(=O)N(C)C)C(=O)OCc1ccc(CCCCN)cc1O[C@H]1O[C@@H](C(=O)O)[C@H](O)[C@@H](O)[C@@H]1O)(C3)C2. The van der Waals surface area contributed by atoms with Crippen LogP contribution in [0.4, 0.5) is 15.7 Å². The second-order valence-electron chi connectivity index (χ2n) is 26.1. The number of para-hydroxylation sites is 1. The van der Waals surface area contributed by atoms with E-state index in [0.29, 0.717) is 72.2 Å². The van der Waals surface area contributed by atoms with Gasteiger partial charge in [-0.1, -0.05) is 61.6 Å². The van der Waals surface area contributed by atoms with Crippen molar-refractivity contribution in [3.8, 4) is 16.9 Å². The van der Waals surface area contributed by atoms with Gasteiger partial charge < -0.3 is 64.9 Å². The summed E-state index contributed by atoms with van der Waals surface area (Å²) < 4.78 is 27.5. The Balaban J connectivity index is 0.777. The van der Waals surface area contributed by atoms with Gasteiger partial charge in [-0.15, -0.1) is 0 Å². The molecule has 6 aromatic rings. The molecule has 4 saturated carbocycles. The van der Waals surface area contributed by atoms with E-state index in [1.54, 1.807) is 44.6 Å². The Morgan fingerprint density at radius 2 is 1.64 bits per heavy atom. The van der Waals surface area contributed by atoms with Crippen LogP contribution in [0.3, 0.4) is 0 Å². The van der Waals surface area contributed by atoms with Crippen molar-refractivity contribution in [2.75, 3.05) is 57.1 Å². The fourth-order valence-electron chi connectivity index (χ4n) is 15.5. The zero-order valence-electron chi connectivity index (χ0n) is 50.9. The molecular formula is C65H79N9O14S. The monoisotopic (exact) mass is 1240 g/mol. The highest BCUT2D eigenvalue weighted by molar-refractivity contribution is 7.22. The van der Waals surface area contributed by atoms with Gasteiger partial charge in [0.25, 0.3) is 5.91 Å². The first-order valence-corrected chi connectivity index (χ1v) is 31.2. The highest BCUT2D eigenvalue weighted by atomic mass is 32.1. The van der Waals surface area contributed by atoms with E-state index in [9.17, 15) is 49.5 Å². The average molecular weight is 1240 g/mol. The number of aromatic nitrogens is 4. The van der Waals surface area contributed by atoms with E-state index in [1.807, 2.05) is 65.0 Å². The van der Waals surface area contributed by atoms with E-state index in [-0.39, 0.29) is 72.2 Å². The van der Waals surface area contributed by atoms with E-state index in [0.717, 1.165) is 84.0 Å². The standard InChI is InChI=1S/C65H79N9O14S/c1-38-44(42-18-19-49(69-51(42)57(80)81)73-23-20-40-12-10-13-43(45(40)29-73)56(79)70-60-68-46-14-6-7-15-48(46)89-60)28-67-74(38)37-64-32-62(2)31-63(3,33-64)35-65(34-62,36-64)86-26-25-72(24-21-50(75)71(4)5)61(84)85-30-41-17-16-39(11-8-9-22-66)27-47(41)87-59-54(78)52(76)53(77)55(88-59)58(82)83/h6-7,10,12-19,27-28,52-55,59,76-78H,8-9,11,20-26,29-37,66H2,1-5H3,(H,80,81)(H,82,83)(H,68,70,79)/t52-,53-,54+,55-,59+,62?,63?,64?,65?/m1/s1. The minimum absolute atomic E-state index is 0.0106. The van der Waals surface area contributed by atoms with Crippen molar-refractivity contribution >= 4 is 62.3 Å². The summed E-state index contributed by atoms with van der Waals surface area (Å²) in [6.07, 6.45) is -0.246. The molecule has 3 aromatic carbocycles. The number of carbonyl (C=O) groups excluding carboxylic acids is 3. The van der Waals surface area contributed by atoms with Crippen LogP contribution in [0.15, 0.2) is 79.0 Å². The molecule has 0 spiro atoms. The van der Waals surface area contributed by atoms with Gasteiger partial charge in [0.1, 0.15) is 36.5 Å². The van der Waals surface area contributed by atoms with Gasteiger partial charge in [0.15, 0.2) is 16.9 Å². The number of pyridine rings is 1. The molecule has 4 bridgehead atoms. The normalized spacial score (nSPS) is 26.0. The number of carboxylic acid groups (broad SMARTS) is 2. The van der Waals surface area contributed by atoms with Gasteiger partial charge in [-0.3, -0.25) is 19.6 Å². The van der Waals surface area contributed by atoms with Crippen molar-refractivity contribution < 1.29 is 68.5 Å². The maximum Gasteiger partial charge on any atom is 0.410 e. The van der Waals surface area contributed by atoms with Crippen molar-refractivity contribution in [2.24, 2.45) is 22.0 Å². The number of thiazole rings is 1. The van der Waals surface area contributed by atoms with Gasteiger partial charge in [0.05, 0.1) is 28.6 Å². The number of aliphatic hydroxyl groups is 3. The quantitative estimate of drug-likeness (QED) is 0.0312. The number of amides is 3. The molecule has 24 heteroatoms. The van der Waals surface area contributed by atoms with E-state index in [4.69, 9.17) is 34.8 Å². The molecule has 474 valence electrons. The summed E-state index contributed by atoms with van der Waals surface area (Å²) in [5.74, 6) is -2.62. The first kappa shape index (κ1) is 63.0. The van der Waals surface area contributed by atoms with Gasteiger partial charge in [-0.05, 0) is 147 Å². The Hall–Kier alpha value is -7.58. The number of unbranched alkanes of at least 4 members (excludes halogenated alkanes) is 1. The number of fused-ring (bicyclic) bond motifs is 2. The number of nitrogens with zero attached hydrogens (tertiary/aromatic N) is 7. The predicted molar refractivity (Wildman–Crippen MR) is 329 cm³/mol. The zero-order chi connectivity index (χ0) is 63.2. The molecule has 5 fully saturated rings. The summed E-state index contributed by atoms with van der Waals surface area (Å²) >= 11 is 1.41. The maximum absolute atomic E-state index is 14.2. The second-order valence-corrected chi connectivity index (χ2v) is 27.1. The van der Waals surface area contributed by atoms with Crippen molar-refractivity contribution in [1.29, 1.82) is 0 Å². The molecule has 7 atom stereocenters. The van der Waals surface area contributed by atoms with Crippen LogP contribution in [0.2, 0.25) is 0 Å². The lowest BCUT2D eigenvalue weighted by atomic mass is 9.39. The molecule has 5 heterocycles. The first-order chi connectivity index (χ1) is 42.5. The molecule has 0 radical (unpaired) electrons. The number of aromatic carboxylic acids is 1. The van der Waals surface area contributed by atoms with E-state index in [1.165, 1.54) is 21.1 Å². The molecular weight excluding hydrogens is 1160 g/mol. The van der Waals surface area contributed by atoms with Crippen molar-refractivity contribution in [1.82, 2.24) is 29.5 Å². The first-order valence-electron chi connectivity index (χ1n) is 30.4. The van der Waals surface area contributed by atoms with Crippen LogP contribution < -0.4 is 20.7 Å². The van der Waals surface area contributed by atoms with E-state index < -0.39 is 54.3 Å². The Morgan fingerprint density at radius 1 is 0.865 bits per heavy atom. The van der Waals surface area contributed by atoms with Gasteiger partial charge >= 0.3 is 18.0 Å². The number of ether oxygens (including phenoxy) is 4. The number of hydrogen-bond acceptors (Lipinski definition) is 18. The lowest BCUT2D eigenvalue weighted by molar-refractivity contribution is -0.271. The second kappa shape index (κ2) is 25.4. The molecule has 23 nitrogen and oxygen atoms in total. The average Bonchev–Trinajstić information content (AvgIpc) is 0.917. The number of carbonyl (C=O) groups is 5. The fourth-order valence-corrected chi connectivity index (χ4v) is 16.4. The number of hydrogen-bond donors (Lipinski definition) is 7. The Kier molecular flexibility index (Phi) is 18.0. The third kappa shape index (κ3) is 13.4. The highest BCUT2D eigenvalue weighted by Crippen LogP contribution is 2.72. The van der Waals surface area contributed by atoms with Gasteiger partial charge in [0, 0.05) is 81.2 Å². The number of anilines is 2. The molecule has 12 rings (SSSR count). The molecule has 4 aliphatic carbocycles. The van der Waals surface area contributed by atoms with Crippen molar-refractivity contribution in [2.45, 2.75) is 147 Å². The van der Waals surface area contributed by atoms with Crippen LogP contribution in [0.1, 0.15) is 120 Å².